The fraction of sp³-hybridized carbons (Fsp3) is 0.154. The number of ether oxygens (including phenoxy) is 1. The van der Waals surface area contributed by atoms with E-state index in [0.29, 0.717) is 17.9 Å². The highest BCUT2D eigenvalue weighted by Crippen LogP contribution is 2.20. The Bertz CT molecular complexity index is 779. The van der Waals surface area contributed by atoms with Crippen molar-refractivity contribution in [1.82, 2.24) is 10.2 Å². The number of nitrogens with zero attached hydrogens (tertiary/aromatic N) is 2. The van der Waals surface area contributed by atoms with Crippen molar-refractivity contribution in [2.24, 2.45) is 0 Å². The van der Waals surface area contributed by atoms with Crippen LogP contribution >= 0.6 is 11.3 Å². The lowest BCUT2D eigenvalue weighted by Crippen LogP contribution is -1.97. The van der Waals surface area contributed by atoms with Gasteiger partial charge in [-0.15, -0.1) is 10.2 Å². The van der Waals surface area contributed by atoms with Gasteiger partial charge in [-0.05, 0) is 25.1 Å². The molecule has 0 fully saturated rings. The van der Waals surface area contributed by atoms with Crippen LogP contribution in [0.3, 0.4) is 0 Å². The number of benzene rings is 1. The summed E-state index contributed by atoms with van der Waals surface area (Å²) >= 11 is 1.49. The molecule has 0 saturated carbocycles. The predicted molar refractivity (Wildman–Crippen MR) is 71.5 cm³/mol. The zero-order valence-electron chi connectivity index (χ0n) is 10.1. The van der Waals surface area contributed by atoms with Crippen LogP contribution in [0.5, 0.6) is 5.75 Å². The van der Waals surface area contributed by atoms with Gasteiger partial charge in [0.2, 0.25) is 0 Å². The smallest absolute Gasteiger partial charge is 0.336 e. The first-order chi connectivity index (χ1) is 9.20. The zero-order valence-corrected chi connectivity index (χ0v) is 10.9. The largest absolute Gasteiger partial charge is 0.486 e. The number of rotatable bonds is 3. The summed E-state index contributed by atoms with van der Waals surface area (Å²) in [7, 11) is 0. The van der Waals surface area contributed by atoms with E-state index < -0.39 is 0 Å². The van der Waals surface area contributed by atoms with Gasteiger partial charge in [0.1, 0.15) is 22.9 Å². The summed E-state index contributed by atoms with van der Waals surface area (Å²) in [4.78, 5) is 11.2. The van der Waals surface area contributed by atoms with Crippen molar-refractivity contribution >= 4 is 22.3 Å². The Labute approximate surface area is 112 Å². The van der Waals surface area contributed by atoms with E-state index in [1.165, 1.54) is 17.4 Å². The van der Waals surface area contributed by atoms with E-state index in [4.69, 9.17) is 9.15 Å². The Kier molecular flexibility index (Phi) is 3.00. The molecule has 0 atom stereocenters. The molecular weight excluding hydrogens is 264 g/mol. The maximum atomic E-state index is 11.2. The van der Waals surface area contributed by atoms with Crippen molar-refractivity contribution < 1.29 is 9.15 Å². The highest BCUT2D eigenvalue weighted by Gasteiger charge is 2.04. The Morgan fingerprint density at radius 3 is 2.89 bits per heavy atom. The molecule has 0 amide bonds. The minimum Gasteiger partial charge on any atom is -0.486 e. The van der Waals surface area contributed by atoms with Crippen LogP contribution in [-0.2, 0) is 6.61 Å². The van der Waals surface area contributed by atoms with E-state index in [1.807, 2.05) is 19.1 Å². The number of hydrogen-bond acceptors (Lipinski definition) is 6. The molecule has 3 rings (SSSR count). The van der Waals surface area contributed by atoms with Gasteiger partial charge in [0.15, 0.2) is 5.01 Å². The monoisotopic (exact) mass is 274 g/mol. The standard InChI is InChI=1S/C13H10N2O3S/c1-8-14-15-12(19-8)7-17-10-4-2-9-3-5-13(16)18-11(9)6-10/h2-6H,7H2,1H3. The summed E-state index contributed by atoms with van der Waals surface area (Å²) in [6, 6.07) is 8.49. The second-order valence-corrected chi connectivity index (χ2v) is 5.22. The van der Waals surface area contributed by atoms with Crippen molar-refractivity contribution in [3.8, 4) is 5.75 Å². The zero-order chi connectivity index (χ0) is 13.2. The molecule has 0 spiro atoms. The molecule has 0 aliphatic rings. The lowest BCUT2D eigenvalue weighted by molar-refractivity contribution is 0.304. The van der Waals surface area contributed by atoms with E-state index in [9.17, 15) is 4.79 Å². The van der Waals surface area contributed by atoms with Crippen molar-refractivity contribution in [3.05, 3.63) is 50.8 Å². The summed E-state index contributed by atoms with van der Waals surface area (Å²) in [6.45, 7) is 2.25. The van der Waals surface area contributed by atoms with Crippen LogP contribution < -0.4 is 10.4 Å². The molecule has 0 bridgehead atoms. The predicted octanol–water partition coefficient (Wildman–Crippen LogP) is 2.53. The van der Waals surface area contributed by atoms with E-state index in [2.05, 4.69) is 10.2 Å². The van der Waals surface area contributed by atoms with Gasteiger partial charge < -0.3 is 9.15 Å². The third kappa shape index (κ3) is 2.63. The fourth-order valence-corrected chi connectivity index (χ4v) is 2.29. The average Bonchev–Trinajstić information content (AvgIpc) is 2.81. The van der Waals surface area contributed by atoms with Gasteiger partial charge in [0.05, 0.1) is 0 Å². The first-order valence-electron chi connectivity index (χ1n) is 5.66. The van der Waals surface area contributed by atoms with Gasteiger partial charge in [0.25, 0.3) is 0 Å². The van der Waals surface area contributed by atoms with Gasteiger partial charge in [-0.2, -0.15) is 0 Å². The van der Waals surface area contributed by atoms with Crippen LogP contribution in [0.2, 0.25) is 0 Å². The minimum atomic E-state index is -0.371. The molecule has 0 aliphatic heterocycles. The molecule has 0 radical (unpaired) electrons. The molecule has 0 unspecified atom stereocenters. The normalized spacial score (nSPS) is 10.8. The summed E-state index contributed by atoms with van der Waals surface area (Å²) in [5.74, 6) is 0.634. The lowest BCUT2D eigenvalue weighted by atomic mass is 10.2. The van der Waals surface area contributed by atoms with Crippen LogP contribution in [0, 0.1) is 6.92 Å². The molecule has 5 nitrogen and oxygen atoms in total. The summed E-state index contributed by atoms with van der Waals surface area (Å²) < 4.78 is 10.7. The van der Waals surface area contributed by atoms with Crippen LogP contribution in [-0.4, -0.2) is 10.2 Å². The van der Waals surface area contributed by atoms with E-state index in [0.717, 1.165) is 15.4 Å². The third-order valence-corrected chi connectivity index (χ3v) is 3.34. The first-order valence-corrected chi connectivity index (χ1v) is 6.48. The molecule has 0 N–H and O–H groups in total. The quantitative estimate of drug-likeness (QED) is 0.687. The van der Waals surface area contributed by atoms with Gasteiger partial charge in [-0.3, -0.25) is 0 Å². The number of hydrogen-bond donors (Lipinski definition) is 0. The summed E-state index contributed by atoms with van der Waals surface area (Å²) in [5, 5.41) is 10.5. The third-order valence-electron chi connectivity index (χ3n) is 2.52. The molecule has 96 valence electrons. The maximum absolute atomic E-state index is 11.2. The molecule has 19 heavy (non-hydrogen) atoms. The molecular formula is C13H10N2O3S. The minimum absolute atomic E-state index is 0.355. The van der Waals surface area contributed by atoms with E-state index in [-0.39, 0.29) is 5.63 Å². The van der Waals surface area contributed by atoms with Gasteiger partial charge >= 0.3 is 5.63 Å². The summed E-state index contributed by atoms with van der Waals surface area (Å²) in [6.07, 6.45) is 0. The number of aromatic nitrogens is 2. The highest BCUT2D eigenvalue weighted by atomic mass is 32.1. The van der Waals surface area contributed by atoms with Crippen molar-refractivity contribution in [2.75, 3.05) is 0 Å². The average molecular weight is 274 g/mol. The highest BCUT2D eigenvalue weighted by molar-refractivity contribution is 7.11. The van der Waals surface area contributed by atoms with Gasteiger partial charge in [-0.1, -0.05) is 11.3 Å². The molecule has 3 aromatic rings. The number of aryl methyl sites for hydroxylation is 1. The lowest BCUT2D eigenvalue weighted by Gasteiger charge is -2.04. The van der Waals surface area contributed by atoms with Crippen molar-refractivity contribution in [3.63, 3.8) is 0 Å². The Morgan fingerprint density at radius 1 is 1.26 bits per heavy atom. The van der Waals surface area contributed by atoms with Gasteiger partial charge in [0, 0.05) is 17.5 Å². The number of fused-ring (bicyclic) bond motifs is 1. The molecule has 2 heterocycles. The SMILES string of the molecule is Cc1nnc(COc2ccc3ccc(=O)oc3c2)s1. The molecule has 0 saturated heterocycles. The van der Waals surface area contributed by atoms with Crippen LogP contribution in [0.4, 0.5) is 0 Å². The first kappa shape index (κ1) is 11.9. The second-order valence-electron chi connectivity index (χ2n) is 3.96. The Hall–Kier alpha value is -2.21. The molecule has 0 aliphatic carbocycles. The Balaban J connectivity index is 1.83. The Morgan fingerprint density at radius 2 is 2.11 bits per heavy atom. The summed E-state index contributed by atoms with van der Waals surface area (Å²) in [5.41, 5.74) is 0.142. The second kappa shape index (κ2) is 4.81. The van der Waals surface area contributed by atoms with Gasteiger partial charge in [-0.25, -0.2) is 4.79 Å². The van der Waals surface area contributed by atoms with Crippen LogP contribution in [0.25, 0.3) is 11.0 Å². The maximum Gasteiger partial charge on any atom is 0.336 e. The van der Waals surface area contributed by atoms with Crippen LogP contribution in [0.15, 0.2) is 39.5 Å². The van der Waals surface area contributed by atoms with E-state index in [1.54, 1.807) is 12.1 Å². The van der Waals surface area contributed by atoms with Crippen molar-refractivity contribution in [1.29, 1.82) is 0 Å². The van der Waals surface area contributed by atoms with Crippen molar-refractivity contribution in [2.45, 2.75) is 13.5 Å². The topological polar surface area (TPSA) is 65.2 Å². The molecule has 6 heteroatoms. The molecule has 1 aromatic carbocycles. The molecule has 2 aromatic heterocycles. The fourth-order valence-electron chi connectivity index (χ4n) is 1.67. The van der Waals surface area contributed by atoms with E-state index >= 15 is 0 Å². The van der Waals surface area contributed by atoms with Crippen LogP contribution in [0.1, 0.15) is 10.0 Å².